The van der Waals surface area contributed by atoms with Crippen LogP contribution < -0.4 is 0 Å². The van der Waals surface area contributed by atoms with Gasteiger partial charge in [0.05, 0.1) is 0 Å². The van der Waals surface area contributed by atoms with Crippen LogP contribution in [0.4, 0.5) is 0 Å². The molecule has 0 aliphatic carbocycles. The molecule has 1 aliphatic heterocycles. The Bertz CT molecular complexity index is 412. The minimum atomic E-state index is -0.511. The van der Waals surface area contributed by atoms with Crippen LogP contribution in [0.25, 0.3) is 0 Å². The number of ketones is 2. The zero-order valence-electron chi connectivity index (χ0n) is 11.9. The molecule has 2 amide bonds. The summed E-state index contributed by atoms with van der Waals surface area (Å²) in [6.07, 6.45) is 0.141. The molecule has 1 unspecified atom stereocenters. The fourth-order valence-corrected chi connectivity index (χ4v) is 2.12. The van der Waals surface area contributed by atoms with Crippen LogP contribution in [0, 0.1) is 17.8 Å². The van der Waals surface area contributed by atoms with Crippen molar-refractivity contribution in [3.8, 4) is 0 Å². The van der Waals surface area contributed by atoms with Gasteiger partial charge < -0.3 is 0 Å². The lowest BCUT2D eigenvalue weighted by Gasteiger charge is -2.16. The highest BCUT2D eigenvalue weighted by Gasteiger charge is 2.40. The molecule has 0 aromatic heterocycles. The SMILES string of the molecule is CC(C)C(=O)C(=O)CCN1C(=O)CC(C(C)C)C1=O. The zero-order chi connectivity index (χ0) is 14.7. The van der Waals surface area contributed by atoms with E-state index in [1.807, 2.05) is 13.8 Å². The Hall–Kier alpha value is -1.52. The molecule has 0 spiro atoms. The van der Waals surface area contributed by atoms with E-state index in [2.05, 4.69) is 0 Å². The van der Waals surface area contributed by atoms with Gasteiger partial charge in [-0.25, -0.2) is 0 Å². The first kappa shape index (κ1) is 15.5. The number of nitrogens with zero attached hydrogens (tertiary/aromatic N) is 1. The fourth-order valence-electron chi connectivity index (χ4n) is 2.12. The lowest BCUT2D eigenvalue weighted by Crippen LogP contribution is -2.34. The van der Waals surface area contributed by atoms with Crippen LogP contribution in [0.5, 0.6) is 0 Å². The Labute approximate surface area is 113 Å². The van der Waals surface area contributed by atoms with Crippen LogP contribution in [0.15, 0.2) is 0 Å². The molecular weight excluding hydrogens is 246 g/mol. The third-order valence-electron chi connectivity index (χ3n) is 3.45. The van der Waals surface area contributed by atoms with Crippen molar-refractivity contribution in [2.24, 2.45) is 17.8 Å². The molecule has 0 bridgehead atoms. The largest absolute Gasteiger partial charge is 0.291 e. The van der Waals surface area contributed by atoms with Gasteiger partial charge in [0.1, 0.15) is 0 Å². The van der Waals surface area contributed by atoms with Crippen molar-refractivity contribution in [1.82, 2.24) is 4.90 Å². The quantitative estimate of drug-likeness (QED) is 0.535. The van der Waals surface area contributed by atoms with E-state index in [9.17, 15) is 19.2 Å². The van der Waals surface area contributed by atoms with Crippen LogP contribution in [0.2, 0.25) is 0 Å². The second-order valence-corrected chi connectivity index (χ2v) is 5.63. The predicted octanol–water partition coefficient (Wildman–Crippen LogP) is 1.20. The minimum absolute atomic E-state index is 0.0260. The fraction of sp³-hybridized carbons (Fsp3) is 0.714. The molecule has 1 rings (SSSR count). The molecule has 1 atom stereocenters. The molecule has 106 valence electrons. The van der Waals surface area contributed by atoms with Gasteiger partial charge in [-0.1, -0.05) is 27.7 Å². The van der Waals surface area contributed by atoms with Crippen LogP contribution in [0.3, 0.4) is 0 Å². The number of amides is 2. The Morgan fingerprint density at radius 3 is 2.21 bits per heavy atom. The van der Waals surface area contributed by atoms with Gasteiger partial charge in [0, 0.05) is 31.2 Å². The number of hydrogen-bond donors (Lipinski definition) is 0. The molecule has 5 nitrogen and oxygen atoms in total. The summed E-state index contributed by atoms with van der Waals surface area (Å²) in [6.45, 7) is 7.13. The summed E-state index contributed by atoms with van der Waals surface area (Å²) in [6, 6.07) is 0. The lowest BCUT2D eigenvalue weighted by atomic mass is 9.94. The Balaban J connectivity index is 2.59. The first-order valence-corrected chi connectivity index (χ1v) is 6.67. The van der Waals surface area contributed by atoms with Gasteiger partial charge in [-0.05, 0) is 5.92 Å². The van der Waals surface area contributed by atoms with E-state index < -0.39 is 11.6 Å². The van der Waals surface area contributed by atoms with Gasteiger partial charge >= 0.3 is 0 Å². The first-order chi connectivity index (χ1) is 8.75. The molecule has 19 heavy (non-hydrogen) atoms. The smallest absolute Gasteiger partial charge is 0.233 e. The molecule has 1 aliphatic rings. The molecule has 0 aromatic carbocycles. The van der Waals surface area contributed by atoms with E-state index in [0.29, 0.717) is 0 Å². The Morgan fingerprint density at radius 2 is 1.79 bits per heavy atom. The molecule has 5 heteroatoms. The molecule has 1 saturated heterocycles. The summed E-state index contributed by atoms with van der Waals surface area (Å²) in [7, 11) is 0. The van der Waals surface area contributed by atoms with Crippen molar-refractivity contribution in [1.29, 1.82) is 0 Å². The lowest BCUT2D eigenvalue weighted by molar-refractivity contribution is -0.142. The third-order valence-corrected chi connectivity index (χ3v) is 3.45. The standard InChI is InChI=1S/C14H21NO4/c1-8(2)10-7-12(17)15(14(10)19)6-5-11(16)13(18)9(3)4/h8-10H,5-7H2,1-4H3. The van der Waals surface area contributed by atoms with Crippen molar-refractivity contribution in [3.05, 3.63) is 0 Å². The zero-order valence-corrected chi connectivity index (χ0v) is 11.9. The molecule has 1 heterocycles. The summed E-state index contributed by atoms with van der Waals surface area (Å²) >= 11 is 0. The minimum Gasteiger partial charge on any atom is -0.291 e. The second kappa shape index (κ2) is 6.08. The van der Waals surface area contributed by atoms with Crippen molar-refractivity contribution >= 4 is 23.4 Å². The van der Waals surface area contributed by atoms with E-state index in [4.69, 9.17) is 0 Å². The van der Waals surface area contributed by atoms with Crippen LogP contribution in [-0.4, -0.2) is 34.8 Å². The third kappa shape index (κ3) is 3.49. The van der Waals surface area contributed by atoms with E-state index in [-0.39, 0.29) is 49.0 Å². The molecule has 0 aromatic rings. The Morgan fingerprint density at radius 1 is 1.21 bits per heavy atom. The van der Waals surface area contributed by atoms with E-state index in [1.54, 1.807) is 13.8 Å². The second-order valence-electron chi connectivity index (χ2n) is 5.63. The highest BCUT2D eigenvalue weighted by Crippen LogP contribution is 2.26. The van der Waals surface area contributed by atoms with E-state index in [1.165, 1.54) is 0 Å². The van der Waals surface area contributed by atoms with Crippen molar-refractivity contribution in [2.45, 2.75) is 40.5 Å². The van der Waals surface area contributed by atoms with Gasteiger partial charge in [0.15, 0.2) is 5.78 Å². The summed E-state index contributed by atoms with van der Waals surface area (Å²) in [4.78, 5) is 47.8. The van der Waals surface area contributed by atoms with Gasteiger partial charge in [0.2, 0.25) is 17.6 Å². The van der Waals surface area contributed by atoms with Crippen LogP contribution >= 0.6 is 0 Å². The van der Waals surface area contributed by atoms with Crippen molar-refractivity contribution in [2.75, 3.05) is 6.54 Å². The van der Waals surface area contributed by atoms with Gasteiger partial charge in [-0.2, -0.15) is 0 Å². The predicted molar refractivity (Wildman–Crippen MR) is 69.1 cm³/mol. The van der Waals surface area contributed by atoms with Gasteiger partial charge in [0.25, 0.3) is 0 Å². The number of Topliss-reactive ketones (excluding diaryl/α,β-unsaturated/α-hetero) is 2. The van der Waals surface area contributed by atoms with Crippen LogP contribution in [0.1, 0.15) is 40.5 Å². The van der Waals surface area contributed by atoms with E-state index >= 15 is 0 Å². The topological polar surface area (TPSA) is 71.5 Å². The summed E-state index contributed by atoms with van der Waals surface area (Å²) < 4.78 is 0. The maximum Gasteiger partial charge on any atom is 0.233 e. The normalized spacial score (nSPS) is 19.7. The molecular formula is C14H21NO4. The molecule has 1 fully saturated rings. The highest BCUT2D eigenvalue weighted by atomic mass is 16.2. The van der Waals surface area contributed by atoms with E-state index in [0.717, 1.165) is 4.90 Å². The number of likely N-dealkylation sites (tertiary alicyclic amines) is 1. The molecule has 0 N–H and O–H groups in total. The highest BCUT2D eigenvalue weighted by molar-refractivity contribution is 6.37. The number of rotatable bonds is 6. The summed E-state index contributed by atoms with van der Waals surface area (Å²) in [5.41, 5.74) is 0. The molecule has 0 saturated carbocycles. The van der Waals surface area contributed by atoms with Crippen molar-refractivity contribution < 1.29 is 19.2 Å². The van der Waals surface area contributed by atoms with Crippen LogP contribution in [-0.2, 0) is 19.2 Å². The summed E-state index contributed by atoms with van der Waals surface area (Å²) in [5, 5.41) is 0. The van der Waals surface area contributed by atoms with Crippen molar-refractivity contribution in [3.63, 3.8) is 0 Å². The monoisotopic (exact) mass is 267 g/mol. The number of carbonyl (C=O) groups excluding carboxylic acids is 4. The van der Waals surface area contributed by atoms with Gasteiger partial charge in [-0.15, -0.1) is 0 Å². The Kier molecular flexibility index (Phi) is 4.97. The molecule has 0 radical (unpaired) electrons. The first-order valence-electron chi connectivity index (χ1n) is 6.67. The maximum atomic E-state index is 12.0. The average Bonchev–Trinajstić information content (AvgIpc) is 2.61. The van der Waals surface area contributed by atoms with Gasteiger partial charge in [-0.3, -0.25) is 24.1 Å². The maximum absolute atomic E-state index is 12.0. The summed E-state index contributed by atoms with van der Waals surface area (Å²) in [5.74, 6) is -1.94. The number of carbonyl (C=O) groups is 4. The number of imide groups is 1. The average molecular weight is 267 g/mol. The number of hydrogen-bond acceptors (Lipinski definition) is 4.